The zero-order valence-electron chi connectivity index (χ0n) is 13.4. The molecule has 0 amide bonds. The zero-order valence-corrected chi connectivity index (χ0v) is 15.0. The van der Waals surface area contributed by atoms with Crippen LogP contribution < -0.4 is 5.32 Å². The Morgan fingerprint density at radius 3 is 2.52 bits per heavy atom. The Bertz CT molecular complexity index is 618. The van der Waals surface area contributed by atoms with Crippen molar-refractivity contribution in [1.29, 1.82) is 0 Å². The molecule has 2 rings (SSSR count). The molecule has 0 bridgehead atoms. The van der Waals surface area contributed by atoms with E-state index in [1.165, 1.54) is 16.8 Å². The Hall–Kier alpha value is -1.13. The molecule has 0 aliphatic carbocycles. The molecular weight excluding hydrogens is 326 g/mol. The Morgan fingerprint density at radius 2 is 1.95 bits per heavy atom. The third-order valence-corrected chi connectivity index (χ3v) is 4.51. The monoisotopic (exact) mass is 349 g/mol. The van der Waals surface area contributed by atoms with Crippen LogP contribution in [0.25, 0.3) is 0 Å². The van der Waals surface area contributed by atoms with Gasteiger partial charge in [-0.3, -0.25) is 4.68 Å². The maximum Gasteiger partial charge on any atom is 0.0644 e. The van der Waals surface area contributed by atoms with Crippen molar-refractivity contribution < 1.29 is 0 Å². The van der Waals surface area contributed by atoms with Gasteiger partial charge in [-0.1, -0.05) is 28.1 Å². The van der Waals surface area contributed by atoms with E-state index in [0.717, 1.165) is 16.7 Å². The van der Waals surface area contributed by atoms with Crippen LogP contribution in [0.15, 0.2) is 28.7 Å². The molecule has 0 aliphatic rings. The molecule has 1 heterocycles. The molecule has 2 unspecified atom stereocenters. The van der Waals surface area contributed by atoms with Crippen LogP contribution in [0.2, 0.25) is 0 Å². The first-order valence-corrected chi connectivity index (χ1v) is 8.28. The summed E-state index contributed by atoms with van der Waals surface area (Å²) in [6.45, 7) is 11.7. The molecule has 0 fully saturated rings. The van der Waals surface area contributed by atoms with Gasteiger partial charge in [-0.25, -0.2) is 0 Å². The summed E-state index contributed by atoms with van der Waals surface area (Å²) in [6.07, 6.45) is 0. The van der Waals surface area contributed by atoms with Crippen LogP contribution in [-0.2, 0) is 6.54 Å². The quantitative estimate of drug-likeness (QED) is 0.848. The summed E-state index contributed by atoms with van der Waals surface area (Å²) in [7, 11) is 0. The molecule has 0 spiro atoms. The molecule has 0 radical (unpaired) electrons. The number of hydrogen-bond donors (Lipinski definition) is 1. The fraction of sp³-hybridized carbons (Fsp3) is 0.471. The van der Waals surface area contributed by atoms with Crippen molar-refractivity contribution in [1.82, 2.24) is 15.1 Å². The minimum Gasteiger partial charge on any atom is -0.304 e. The van der Waals surface area contributed by atoms with Gasteiger partial charge in [0.1, 0.15) is 0 Å². The van der Waals surface area contributed by atoms with Crippen molar-refractivity contribution in [2.45, 2.75) is 53.2 Å². The number of hydrogen-bond acceptors (Lipinski definition) is 2. The van der Waals surface area contributed by atoms with Crippen LogP contribution >= 0.6 is 15.9 Å². The van der Waals surface area contributed by atoms with E-state index in [-0.39, 0.29) is 6.04 Å². The second-order valence-electron chi connectivity index (χ2n) is 5.57. The highest BCUT2D eigenvalue weighted by molar-refractivity contribution is 9.10. The van der Waals surface area contributed by atoms with Gasteiger partial charge in [-0.05, 0) is 52.3 Å². The van der Waals surface area contributed by atoms with Crippen LogP contribution in [0.1, 0.15) is 55.4 Å². The normalized spacial score (nSPS) is 14.2. The first-order valence-electron chi connectivity index (χ1n) is 7.49. The highest BCUT2D eigenvalue weighted by atomic mass is 79.9. The fourth-order valence-electron chi connectivity index (χ4n) is 2.98. The number of halogens is 1. The summed E-state index contributed by atoms with van der Waals surface area (Å²) in [5.74, 6) is 0. The standard InChI is InChI=1S/C17H24BrN3/c1-6-21-14(5)17(13(4)20-21)12(3)19-11(2)15-8-7-9-16(18)10-15/h7-12,19H,6H2,1-5H3. The molecule has 0 aliphatic heterocycles. The SMILES string of the molecule is CCn1nc(C)c(C(C)NC(C)c2cccc(Br)c2)c1C. The third kappa shape index (κ3) is 3.55. The summed E-state index contributed by atoms with van der Waals surface area (Å²) in [5, 5.41) is 8.30. The van der Waals surface area contributed by atoms with E-state index in [4.69, 9.17) is 0 Å². The number of aromatic nitrogens is 2. The first-order chi connectivity index (χ1) is 9.93. The third-order valence-electron chi connectivity index (χ3n) is 4.02. The van der Waals surface area contributed by atoms with Crippen molar-refractivity contribution in [3.8, 4) is 0 Å². The van der Waals surface area contributed by atoms with Crippen molar-refractivity contribution in [3.63, 3.8) is 0 Å². The van der Waals surface area contributed by atoms with E-state index in [9.17, 15) is 0 Å². The second-order valence-corrected chi connectivity index (χ2v) is 6.48. The highest BCUT2D eigenvalue weighted by Gasteiger charge is 2.19. The van der Waals surface area contributed by atoms with E-state index in [0.29, 0.717) is 6.04 Å². The molecule has 114 valence electrons. The van der Waals surface area contributed by atoms with E-state index in [1.54, 1.807) is 0 Å². The molecule has 1 N–H and O–H groups in total. The number of benzene rings is 1. The van der Waals surface area contributed by atoms with Gasteiger partial charge in [0.05, 0.1) is 5.69 Å². The van der Waals surface area contributed by atoms with Gasteiger partial charge in [0, 0.05) is 34.4 Å². The Labute approximate surface area is 135 Å². The predicted molar refractivity (Wildman–Crippen MR) is 91.5 cm³/mol. The maximum atomic E-state index is 4.61. The molecular formula is C17H24BrN3. The van der Waals surface area contributed by atoms with Crippen molar-refractivity contribution in [2.24, 2.45) is 0 Å². The molecule has 1 aromatic heterocycles. The Kier molecular flexibility index (Phi) is 5.22. The van der Waals surface area contributed by atoms with Gasteiger partial charge in [0.15, 0.2) is 0 Å². The largest absolute Gasteiger partial charge is 0.304 e. The molecule has 3 nitrogen and oxygen atoms in total. The molecule has 2 aromatic rings. The smallest absolute Gasteiger partial charge is 0.0644 e. The first kappa shape index (κ1) is 16.2. The van der Waals surface area contributed by atoms with Crippen LogP contribution in [0.4, 0.5) is 0 Å². The number of rotatable bonds is 5. The minimum absolute atomic E-state index is 0.277. The summed E-state index contributed by atoms with van der Waals surface area (Å²) in [5.41, 5.74) is 4.99. The van der Waals surface area contributed by atoms with Crippen molar-refractivity contribution in [2.75, 3.05) is 0 Å². The zero-order chi connectivity index (χ0) is 15.6. The van der Waals surface area contributed by atoms with E-state index >= 15 is 0 Å². The van der Waals surface area contributed by atoms with Gasteiger partial charge in [0.2, 0.25) is 0 Å². The van der Waals surface area contributed by atoms with Crippen LogP contribution in [-0.4, -0.2) is 9.78 Å². The molecule has 21 heavy (non-hydrogen) atoms. The summed E-state index contributed by atoms with van der Waals surface area (Å²) in [4.78, 5) is 0. The Morgan fingerprint density at radius 1 is 1.24 bits per heavy atom. The second kappa shape index (κ2) is 6.75. The lowest BCUT2D eigenvalue weighted by Crippen LogP contribution is -2.23. The van der Waals surface area contributed by atoms with E-state index in [2.05, 4.69) is 89.9 Å². The summed E-state index contributed by atoms with van der Waals surface area (Å²) >= 11 is 3.54. The lowest BCUT2D eigenvalue weighted by molar-refractivity contribution is 0.490. The van der Waals surface area contributed by atoms with Crippen molar-refractivity contribution in [3.05, 3.63) is 51.3 Å². The molecule has 4 heteroatoms. The van der Waals surface area contributed by atoms with E-state index < -0.39 is 0 Å². The van der Waals surface area contributed by atoms with Gasteiger partial charge in [0.25, 0.3) is 0 Å². The summed E-state index contributed by atoms with van der Waals surface area (Å²) in [6, 6.07) is 9.03. The molecule has 1 aromatic carbocycles. The lowest BCUT2D eigenvalue weighted by Gasteiger charge is -2.21. The predicted octanol–water partition coefficient (Wildman–Crippen LogP) is 4.69. The topological polar surface area (TPSA) is 29.9 Å². The van der Waals surface area contributed by atoms with E-state index in [1.807, 2.05) is 0 Å². The number of nitrogens with zero attached hydrogens (tertiary/aromatic N) is 2. The molecule has 0 saturated carbocycles. The van der Waals surface area contributed by atoms with Crippen LogP contribution in [0.5, 0.6) is 0 Å². The highest BCUT2D eigenvalue weighted by Crippen LogP contribution is 2.25. The van der Waals surface area contributed by atoms with Gasteiger partial charge in [-0.15, -0.1) is 0 Å². The number of aryl methyl sites for hydroxylation is 2. The molecule has 0 saturated heterocycles. The Balaban J connectivity index is 2.18. The maximum absolute atomic E-state index is 4.61. The van der Waals surface area contributed by atoms with Crippen molar-refractivity contribution >= 4 is 15.9 Å². The van der Waals surface area contributed by atoms with Crippen LogP contribution in [0, 0.1) is 13.8 Å². The molecule has 2 atom stereocenters. The fourth-order valence-corrected chi connectivity index (χ4v) is 3.39. The lowest BCUT2D eigenvalue weighted by atomic mass is 10.0. The van der Waals surface area contributed by atoms with Gasteiger partial charge < -0.3 is 5.32 Å². The minimum atomic E-state index is 0.277. The average molecular weight is 350 g/mol. The van der Waals surface area contributed by atoms with Gasteiger partial charge >= 0.3 is 0 Å². The summed E-state index contributed by atoms with van der Waals surface area (Å²) < 4.78 is 3.19. The number of nitrogens with one attached hydrogen (secondary N) is 1. The average Bonchev–Trinajstić information content (AvgIpc) is 2.73. The van der Waals surface area contributed by atoms with Gasteiger partial charge in [-0.2, -0.15) is 5.10 Å². The van der Waals surface area contributed by atoms with Crippen LogP contribution in [0.3, 0.4) is 0 Å².